The molecule has 0 radical (unpaired) electrons. The van der Waals surface area contributed by atoms with Crippen LogP contribution in [0.5, 0.6) is 0 Å². The Hall–Kier alpha value is -2.40. The van der Waals surface area contributed by atoms with Crippen LogP contribution in [0.3, 0.4) is 0 Å². The van der Waals surface area contributed by atoms with E-state index >= 15 is 0 Å². The molecule has 23 heavy (non-hydrogen) atoms. The summed E-state index contributed by atoms with van der Waals surface area (Å²) in [7, 11) is 0. The SMILES string of the molecule is CC(C)N(C(=O)C[n+]1cccc(C(N)=O)c1)c1ccccc1.[Cl-]. The van der Waals surface area contributed by atoms with Crippen LogP contribution in [-0.4, -0.2) is 17.9 Å². The van der Waals surface area contributed by atoms with Crippen molar-refractivity contribution < 1.29 is 26.6 Å². The van der Waals surface area contributed by atoms with Crippen molar-refractivity contribution in [1.82, 2.24) is 0 Å². The van der Waals surface area contributed by atoms with E-state index in [4.69, 9.17) is 5.73 Å². The van der Waals surface area contributed by atoms with E-state index in [-0.39, 0.29) is 30.9 Å². The topological polar surface area (TPSA) is 67.3 Å². The van der Waals surface area contributed by atoms with E-state index in [0.717, 1.165) is 5.69 Å². The van der Waals surface area contributed by atoms with Crippen molar-refractivity contribution in [3.63, 3.8) is 0 Å². The number of amides is 2. The van der Waals surface area contributed by atoms with Crippen LogP contribution < -0.4 is 27.6 Å². The van der Waals surface area contributed by atoms with Gasteiger partial charge in [-0.3, -0.25) is 9.59 Å². The largest absolute Gasteiger partial charge is 1.00 e. The highest BCUT2D eigenvalue weighted by Gasteiger charge is 2.22. The molecule has 0 saturated carbocycles. The van der Waals surface area contributed by atoms with Gasteiger partial charge in [-0.25, -0.2) is 0 Å². The fourth-order valence-electron chi connectivity index (χ4n) is 2.32. The highest BCUT2D eigenvalue weighted by Crippen LogP contribution is 2.16. The van der Waals surface area contributed by atoms with E-state index in [9.17, 15) is 9.59 Å². The van der Waals surface area contributed by atoms with Crippen molar-refractivity contribution in [3.8, 4) is 0 Å². The van der Waals surface area contributed by atoms with Gasteiger partial charge in [-0.1, -0.05) is 18.2 Å². The average molecular weight is 334 g/mol. The lowest BCUT2D eigenvalue weighted by molar-refractivity contribution is -0.684. The number of benzene rings is 1. The lowest BCUT2D eigenvalue weighted by Crippen LogP contribution is -3.00. The van der Waals surface area contributed by atoms with Gasteiger partial charge >= 0.3 is 0 Å². The Morgan fingerprint density at radius 2 is 1.78 bits per heavy atom. The van der Waals surface area contributed by atoms with Crippen molar-refractivity contribution in [2.45, 2.75) is 26.4 Å². The van der Waals surface area contributed by atoms with Crippen LogP contribution in [0.1, 0.15) is 24.2 Å². The maximum absolute atomic E-state index is 12.6. The molecule has 1 aromatic carbocycles. The van der Waals surface area contributed by atoms with E-state index in [2.05, 4.69) is 0 Å². The minimum Gasteiger partial charge on any atom is -1.00 e. The third-order valence-corrected chi connectivity index (χ3v) is 3.28. The predicted molar refractivity (Wildman–Crippen MR) is 84.2 cm³/mol. The molecule has 0 fully saturated rings. The van der Waals surface area contributed by atoms with Crippen LogP contribution in [0.15, 0.2) is 54.9 Å². The number of hydrogen-bond acceptors (Lipinski definition) is 2. The Morgan fingerprint density at radius 1 is 1.13 bits per heavy atom. The molecule has 2 rings (SSSR count). The normalized spacial score (nSPS) is 10.0. The van der Waals surface area contributed by atoms with Crippen LogP contribution in [-0.2, 0) is 11.3 Å². The van der Waals surface area contributed by atoms with Gasteiger partial charge in [0, 0.05) is 17.8 Å². The summed E-state index contributed by atoms with van der Waals surface area (Å²) in [4.78, 5) is 25.6. The number of anilines is 1. The lowest BCUT2D eigenvalue weighted by atomic mass is 10.2. The number of carbonyl (C=O) groups is 2. The minimum absolute atomic E-state index is 0. The first-order chi connectivity index (χ1) is 10.5. The molecule has 6 heteroatoms. The molecule has 0 atom stereocenters. The van der Waals surface area contributed by atoms with Gasteiger partial charge < -0.3 is 23.0 Å². The van der Waals surface area contributed by atoms with E-state index in [1.165, 1.54) is 0 Å². The average Bonchev–Trinajstić information content (AvgIpc) is 2.48. The van der Waals surface area contributed by atoms with Gasteiger partial charge in [-0.15, -0.1) is 0 Å². The molecule has 1 aromatic heterocycles. The first-order valence-electron chi connectivity index (χ1n) is 7.15. The predicted octanol–water partition coefficient (Wildman–Crippen LogP) is -1.48. The van der Waals surface area contributed by atoms with E-state index < -0.39 is 5.91 Å². The van der Waals surface area contributed by atoms with Crippen molar-refractivity contribution in [3.05, 3.63) is 60.4 Å². The molecule has 0 aliphatic heterocycles. The third-order valence-electron chi connectivity index (χ3n) is 3.28. The van der Waals surface area contributed by atoms with E-state index in [0.29, 0.717) is 5.56 Å². The number of carbonyl (C=O) groups excluding carboxylic acids is 2. The van der Waals surface area contributed by atoms with E-state index in [1.54, 1.807) is 34.0 Å². The molecule has 0 aliphatic rings. The number of halogens is 1. The Labute approximate surface area is 142 Å². The molecule has 1 heterocycles. The highest BCUT2D eigenvalue weighted by molar-refractivity contribution is 5.93. The molecule has 0 saturated heterocycles. The fraction of sp³-hybridized carbons (Fsp3) is 0.235. The molecule has 5 nitrogen and oxygen atoms in total. The summed E-state index contributed by atoms with van der Waals surface area (Å²) < 4.78 is 1.67. The summed E-state index contributed by atoms with van der Waals surface area (Å²) in [5, 5.41) is 0. The summed E-state index contributed by atoms with van der Waals surface area (Å²) >= 11 is 0. The first kappa shape index (κ1) is 18.6. The van der Waals surface area contributed by atoms with Crippen LogP contribution in [0, 0.1) is 0 Å². The number of nitrogens with zero attached hydrogens (tertiary/aromatic N) is 2. The molecular formula is C17H20ClN3O2. The smallest absolute Gasteiger partial charge is 0.293 e. The Kier molecular flexibility index (Phi) is 6.72. The maximum Gasteiger partial charge on any atom is 0.293 e. The number of primary amides is 1. The fourth-order valence-corrected chi connectivity index (χ4v) is 2.32. The molecule has 122 valence electrons. The second-order valence-electron chi connectivity index (χ2n) is 5.32. The van der Waals surface area contributed by atoms with Gasteiger partial charge in [0.1, 0.15) is 5.56 Å². The number of para-hydroxylation sites is 1. The number of nitrogens with two attached hydrogens (primary N) is 1. The number of pyridine rings is 1. The van der Waals surface area contributed by atoms with E-state index in [1.807, 2.05) is 44.2 Å². The Bertz CT molecular complexity index is 675. The zero-order valence-electron chi connectivity index (χ0n) is 13.1. The van der Waals surface area contributed by atoms with Crippen LogP contribution in [0.4, 0.5) is 5.69 Å². The number of hydrogen-bond donors (Lipinski definition) is 1. The quantitative estimate of drug-likeness (QED) is 0.678. The summed E-state index contributed by atoms with van der Waals surface area (Å²) in [6.45, 7) is 4.08. The zero-order chi connectivity index (χ0) is 16.1. The van der Waals surface area contributed by atoms with Crippen molar-refractivity contribution >= 4 is 17.5 Å². The highest BCUT2D eigenvalue weighted by atomic mass is 35.5. The second kappa shape index (κ2) is 8.29. The van der Waals surface area contributed by atoms with Gasteiger partial charge in [-0.05, 0) is 32.0 Å². The van der Waals surface area contributed by atoms with Gasteiger partial charge in [0.25, 0.3) is 11.8 Å². The summed E-state index contributed by atoms with van der Waals surface area (Å²) in [6.07, 6.45) is 3.33. The zero-order valence-corrected chi connectivity index (χ0v) is 13.9. The molecule has 0 aliphatic carbocycles. The van der Waals surface area contributed by atoms with Gasteiger partial charge in [0.05, 0.1) is 0 Å². The summed E-state index contributed by atoms with van der Waals surface area (Å²) in [5.74, 6) is -0.557. The Morgan fingerprint density at radius 3 is 2.35 bits per heavy atom. The first-order valence-corrected chi connectivity index (χ1v) is 7.15. The molecule has 0 spiro atoms. The molecule has 2 N–H and O–H groups in total. The van der Waals surface area contributed by atoms with Gasteiger partial charge in [0.2, 0.25) is 6.54 Å². The van der Waals surface area contributed by atoms with Crippen LogP contribution >= 0.6 is 0 Å². The lowest BCUT2D eigenvalue weighted by Gasteiger charge is -2.25. The van der Waals surface area contributed by atoms with Crippen molar-refractivity contribution in [2.24, 2.45) is 5.73 Å². The van der Waals surface area contributed by atoms with Crippen molar-refractivity contribution in [2.75, 3.05) is 4.90 Å². The molecule has 0 unspecified atom stereocenters. The number of aromatic nitrogens is 1. The summed E-state index contributed by atoms with van der Waals surface area (Å²) in [6, 6.07) is 12.9. The molecule has 0 bridgehead atoms. The maximum atomic E-state index is 12.6. The van der Waals surface area contributed by atoms with Gasteiger partial charge in [-0.2, -0.15) is 4.57 Å². The molecule has 2 amide bonds. The third kappa shape index (κ3) is 4.79. The number of rotatable bonds is 5. The van der Waals surface area contributed by atoms with Gasteiger partial charge in [0.15, 0.2) is 12.4 Å². The van der Waals surface area contributed by atoms with Crippen LogP contribution in [0.2, 0.25) is 0 Å². The van der Waals surface area contributed by atoms with Crippen LogP contribution in [0.25, 0.3) is 0 Å². The second-order valence-corrected chi connectivity index (χ2v) is 5.32. The minimum atomic E-state index is -0.509. The summed E-state index contributed by atoms with van der Waals surface area (Å²) in [5.41, 5.74) is 6.50. The van der Waals surface area contributed by atoms with Crippen molar-refractivity contribution in [1.29, 1.82) is 0 Å². The molecule has 2 aromatic rings. The monoisotopic (exact) mass is 333 g/mol. The Balaban J connectivity index is 0.00000264. The molecular weight excluding hydrogens is 314 g/mol. The standard InChI is InChI=1S/C17H19N3O2.ClH/c1-13(2)20(15-8-4-3-5-9-15)16(21)12-19-10-6-7-14(11-19)17(18)22;/h3-11,13H,12H2,1-2H3,(H-,18,22);1H.